The van der Waals surface area contributed by atoms with Crippen LogP contribution in [-0.2, 0) is 33.7 Å². The second kappa shape index (κ2) is 19.0. The lowest BCUT2D eigenvalue weighted by Crippen LogP contribution is -2.63. The maximum atomic E-state index is 16.0. The molecule has 1 atom stereocenters. The summed E-state index contributed by atoms with van der Waals surface area (Å²) < 4.78 is 21.9. The van der Waals surface area contributed by atoms with E-state index in [-0.39, 0.29) is 23.5 Å². The van der Waals surface area contributed by atoms with Crippen LogP contribution in [0.15, 0.2) is 94.8 Å². The van der Waals surface area contributed by atoms with Gasteiger partial charge in [0, 0.05) is 100 Å². The van der Waals surface area contributed by atoms with Crippen LogP contribution in [-0.4, -0.2) is 101 Å². The molecule has 1 saturated carbocycles. The molecule has 5 aliphatic heterocycles. The lowest BCUT2D eigenvalue weighted by atomic mass is 9.87. The first-order valence-corrected chi connectivity index (χ1v) is 23.2. The molecule has 0 radical (unpaired) electrons. The van der Waals surface area contributed by atoms with Crippen molar-refractivity contribution in [1.82, 2.24) is 35.3 Å². The van der Waals surface area contributed by atoms with Gasteiger partial charge in [-0.15, -0.1) is 0 Å². The summed E-state index contributed by atoms with van der Waals surface area (Å²) >= 11 is 0. The first-order valence-electron chi connectivity index (χ1n) is 23.2. The fourth-order valence-corrected chi connectivity index (χ4v) is 9.86. The summed E-state index contributed by atoms with van der Waals surface area (Å²) in [6, 6.07) is 14.3. The summed E-state index contributed by atoms with van der Waals surface area (Å²) in [5, 5.41) is 9.34. The van der Waals surface area contributed by atoms with Crippen LogP contribution in [0, 0.1) is 5.82 Å². The number of unbranched alkanes of at least 4 members (excludes halogenated alkanes) is 1. The molecule has 2 amide bonds. The maximum Gasteiger partial charge on any atom is 0.234 e. The first kappa shape index (κ1) is 42.6. The Hall–Kier alpha value is -5.69. The number of imide groups is 1. The van der Waals surface area contributed by atoms with Crippen molar-refractivity contribution in [3.8, 4) is 0 Å². The number of anilines is 3. The van der Waals surface area contributed by atoms with Crippen molar-refractivity contribution in [3.63, 3.8) is 0 Å². The van der Waals surface area contributed by atoms with Crippen molar-refractivity contribution in [2.45, 2.75) is 97.1 Å². The molecule has 0 bridgehead atoms. The number of aromatic nitrogens is 2. The van der Waals surface area contributed by atoms with E-state index < -0.39 is 0 Å². The van der Waals surface area contributed by atoms with Gasteiger partial charge in [-0.2, -0.15) is 0 Å². The van der Waals surface area contributed by atoms with Gasteiger partial charge in [0.05, 0.1) is 23.9 Å². The number of benzene rings is 2. The molecular weight excluding hydrogens is 794 g/mol. The van der Waals surface area contributed by atoms with Gasteiger partial charge >= 0.3 is 0 Å². The number of ether oxygens (including phenoxy) is 1. The largest absolute Gasteiger partial charge is 0.494 e. The van der Waals surface area contributed by atoms with E-state index in [1.165, 1.54) is 34.6 Å². The Morgan fingerprint density at radius 2 is 1.81 bits per heavy atom. The van der Waals surface area contributed by atoms with E-state index in [4.69, 9.17) is 9.72 Å². The number of rotatable bonds is 13. The van der Waals surface area contributed by atoms with Crippen LogP contribution < -0.4 is 20.9 Å². The molecule has 3 saturated heterocycles. The van der Waals surface area contributed by atoms with Crippen LogP contribution in [0.2, 0.25) is 0 Å². The quantitative estimate of drug-likeness (QED) is 0.120. The van der Waals surface area contributed by atoms with Crippen LogP contribution in [0.4, 0.5) is 21.7 Å². The highest BCUT2D eigenvalue weighted by atomic mass is 19.1. The van der Waals surface area contributed by atoms with E-state index in [0.29, 0.717) is 55.7 Å². The summed E-state index contributed by atoms with van der Waals surface area (Å²) in [7, 11) is 0. The molecule has 13 heteroatoms. The van der Waals surface area contributed by atoms with Gasteiger partial charge in [-0.25, -0.2) is 14.4 Å². The third kappa shape index (κ3) is 9.49. The second-order valence-corrected chi connectivity index (χ2v) is 17.9. The van der Waals surface area contributed by atoms with Gasteiger partial charge < -0.3 is 30.1 Å². The topological polar surface area (TPSA) is 118 Å². The number of piperazine rings is 1. The molecule has 1 unspecified atom stereocenters. The zero-order chi connectivity index (χ0) is 43.5. The van der Waals surface area contributed by atoms with E-state index in [0.717, 1.165) is 113 Å². The number of piperidine rings is 1. The highest BCUT2D eigenvalue weighted by molar-refractivity contribution is 6.01. The van der Waals surface area contributed by atoms with Crippen molar-refractivity contribution >= 4 is 29.1 Å². The van der Waals surface area contributed by atoms with Crippen LogP contribution in [0.3, 0.4) is 0 Å². The molecule has 12 nitrogen and oxygen atoms in total. The summed E-state index contributed by atoms with van der Waals surface area (Å²) in [5.41, 5.74) is 11.8. The number of carbonyl (C=O) groups is 2. The highest BCUT2D eigenvalue weighted by Crippen LogP contribution is 2.35. The molecule has 4 fully saturated rings. The number of amides is 2. The smallest absolute Gasteiger partial charge is 0.234 e. The second-order valence-electron chi connectivity index (χ2n) is 17.9. The van der Waals surface area contributed by atoms with Crippen molar-refractivity contribution in [2.24, 2.45) is 0 Å². The third-order valence-corrected chi connectivity index (χ3v) is 13.9. The van der Waals surface area contributed by atoms with E-state index in [1.807, 2.05) is 37.4 Å². The average Bonchev–Trinajstić information content (AvgIpc) is 3.25. The SMILES string of the molecule is CCC/C=C/C(=C(/C)C1=C(C)OCCN1)N1CCc2cnc(Nc3ccc(CC(=C4CCC4)N4CCN(C5CN(c6ccc(C7CCC(=O)NC7=O)cc6)C5)CC4)c(F)c3)nc2C1. The number of nitrogens with zero attached hydrogens (tertiary/aromatic N) is 6. The van der Waals surface area contributed by atoms with Gasteiger partial charge in [0.15, 0.2) is 0 Å². The zero-order valence-corrected chi connectivity index (χ0v) is 37.1. The van der Waals surface area contributed by atoms with Crippen LogP contribution in [0.1, 0.15) is 94.0 Å². The minimum Gasteiger partial charge on any atom is -0.494 e. The Balaban J connectivity index is 0.800. The van der Waals surface area contributed by atoms with E-state index in [2.05, 4.69) is 78.7 Å². The minimum absolute atomic E-state index is 0.184. The van der Waals surface area contributed by atoms with Gasteiger partial charge in [0.2, 0.25) is 17.8 Å². The Morgan fingerprint density at radius 1 is 1.00 bits per heavy atom. The van der Waals surface area contributed by atoms with Crippen molar-refractivity contribution in [1.29, 1.82) is 0 Å². The molecule has 2 aromatic carbocycles. The summed E-state index contributed by atoms with van der Waals surface area (Å²) in [6.45, 7) is 15.2. The standard InChI is InChI=1S/C50H62FN9O3/c1-4-5-6-10-45(33(2)48-34(3)63-26-20-52-48)59-21-19-38-29-53-50(55-44(38)32-59)54-39-14-11-37(43(51)28-39)27-46(36-8-7-9-36)58-24-22-57(23-25-58)41-30-60(31-41)40-15-12-35(13-16-40)42-17-18-47(61)56-49(42)62/h6,10-16,28-29,41-42,52H,4-5,7-9,17-27,30-32H2,1-3H3,(H,53,54,55)(H,56,61,62)/b10-6+,45-33+. The van der Waals surface area contributed by atoms with E-state index in [9.17, 15) is 9.59 Å². The predicted octanol–water partition coefficient (Wildman–Crippen LogP) is 7.21. The van der Waals surface area contributed by atoms with Crippen molar-refractivity contribution in [2.75, 3.05) is 69.2 Å². The minimum atomic E-state index is -0.258. The van der Waals surface area contributed by atoms with Gasteiger partial charge in [-0.05, 0) is 105 Å². The number of hydrogen-bond donors (Lipinski definition) is 3. The Bertz CT molecular complexity index is 2320. The Morgan fingerprint density at radius 3 is 2.52 bits per heavy atom. The molecular formula is C50H62FN9O3. The Labute approximate surface area is 371 Å². The molecule has 1 aliphatic carbocycles. The molecule has 332 valence electrons. The predicted molar refractivity (Wildman–Crippen MR) is 245 cm³/mol. The van der Waals surface area contributed by atoms with Gasteiger partial charge in [0.1, 0.15) is 18.2 Å². The van der Waals surface area contributed by atoms with Gasteiger partial charge in [-0.3, -0.25) is 19.8 Å². The van der Waals surface area contributed by atoms with Crippen molar-refractivity contribution in [3.05, 3.63) is 123 Å². The normalized spacial score (nSPS) is 21.3. The average molecular weight is 856 g/mol. The molecule has 63 heavy (non-hydrogen) atoms. The molecule has 9 rings (SSSR count). The molecule has 1 aromatic heterocycles. The fraction of sp³-hybridized carbons (Fsp3) is 0.480. The summed E-state index contributed by atoms with van der Waals surface area (Å²) in [4.78, 5) is 43.5. The molecule has 3 aromatic rings. The van der Waals surface area contributed by atoms with Crippen molar-refractivity contribution < 1.29 is 18.7 Å². The van der Waals surface area contributed by atoms with E-state index >= 15 is 4.39 Å². The molecule has 0 spiro atoms. The van der Waals surface area contributed by atoms with Gasteiger partial charge in [-0.1, -0.05) is 43.2 Å². The first-order chi connectivity index (χ1) is 30.7. The maximum absolute atomic E-state index is 16.0. The Kier molecular flexibility index (Phi) is 12.8. The van der Waals surface area contributed by atoms with Crippen LogP contribution >= 0.6 is 0 Å². The number of carbonyl (C=O) groups excluding carboxylic acids is 2. The fourth-order valence-electron chi connectivity index (χ4n) is 9.86. The lowest BCUT2D eigenvalue weighted by molar-refractivity contribution is -0.134. The van der Waals surface area contributed by atoms with Crippen LogP contribution in [0.5, 0.6) is 0 Å². The third-order valence-electron chi connectivity index (χ3n) is 13.9. The van der Waals surface area contributed by atoms with Crippen LogP contribution in [0.25, 0.3) is 0 Å². The van der Waals surface area contributed by atoms with Gasteiger partial charge in [0.25, 0.3) is 0 Å². The number of allylic oxidation sites excluding steroid dienone is 6. The van der Waals surface area contributed by atoms with E-state index in [1.54, 1.807) is 6.07 Å². The number of hydrogen-bond acceptors (Lipinski definition) is 11. The molecule has 6 aliphatic rings. The number of fused-ring (bicyclic) bond motifs is 1. The molecule has 3 N–H and O–H groups in total. The molecule has 6 heterocycles. The summed E-state index contributed by atoms with van der Waals surface area (Å²) in [6.07, 6.45) is 14.3. The highest BCUT2D eigenvalue weighted by Gasteiger charge is 2.35. The number of nitrogens with one attached hydrogen (secondary N) is 3. The zero-order valence-electron chi connectivity index (χ0n) is 37.1. The monoisotopic (exact) mass is 855 g/mol. The number of halogens is 1. The summed E-state index contributed by atoms with van der Waals surface area (Å²) in [5.74, 6) is 0.545. The lowest BCUT2D eigenvalue weighted by Gasteiger charge is -2.50.